The number of carboxylic acid groups (broad SMARTS) is 1. The van der Waals surface area contributed by atoms with E-state index in [0.29, 0.717) is 25.1 Å². The Bertz CT molecular complexity index is 536. The number of rotatable bonds is 3. The van der Waals surface area contributed by atoms with E-state index >= 15 is 0 Å². The summed E-state index contributed by atoms with van der Waals surface area (Å²) in [6.45, 7) is 5.04. The lowest BCUT2D eigenvalue weighted by Crippen LogP contribution is -2.37. The normalized spacial score (nSPS) is 14.3. The van der Waals surface area contributed by atoms with E-state index in [9.17, 15) is 9.59 Å². The highest BCUT2D eigenvalue weighted by Crippen LogP contribution is 2.22. The molecule has 1 N–H and O–H groups in total. The Hall–Kier alpha value is -2.05. The van der Waals surface area contributed by atoms with Crippen LogP contribution in [0.2, 0.25) is 0 Å². The van der Waals surface area contributed by atoms with Crippen LogP contribution in [-0.4, -0.2) is 45.0 Å². The van der Waals surface area contributed by atoms with Crippen LogP contribution < -0.4 is 0 Å². The topological polar surface area (TPSA) is 84.7 Å². The summed E-state index contributed by atoms with van der Waals surface area (Å²) in [5.41, 5.74) is 1.49. The Morgan fingerprint density at radius 1 is 1.45 bits per heavy atom. The number of hydrogen-bond donors (Lipinski definition) is 1. The van der Waals surface area contributed by atoms with Crippen molar-refractivity contribution in [2.75, 3.05) is 13.2 Å². The summed E-state index contributed by atoms with van der Waals surface area (Å²) in [6.07, 6.45) is 0.188. The van der Waals surface area contributed by atoms with Gasteiger partial charge in [0.2, 0.25) is 0 Å². The highest BCUT2D eigenvalue weighted by Gasteiger charge is 2.29. The van der Waals surface area contributed by atoms with Gasteiger partial charge in [0.15, 0.2) is 5.69 Å². The SMILES string of the molecule is CC(C)COC(=O)N1CCc2c(c(C(=O)O)nn2C)C1. The molecule has 0 saturated heterocycles. The summed E-state index contributed by atoms with van der Waals surface area (Å²) >= 11 is 0. The summed E-state index contributed by atoms with van der Waals surface area (Å²) in [4.78, 5) is 24.6. The molecule has 20 heavy (non-hydrogen) atoms. The molecule has 0 radical (unpaired) electrons. The highest BCUT2D eigenvalue weighted by atomic mass is 16.6. The van der Waals surface area contributed by atoms with E-state index in [1.54, 1.807) is 11.7 Å². The van der Waals surface area contributed by atoms with Gasteiger partial charge in [-0.25, -0.2) is 9.59 Å². The van der Waals surface area contributed by atoms with Gasteiger partial charge >= 0.3 is 12.1 Å². The predicted octanol–water partition coefficient (Wildman–Crippen LogP) is 1.27. The highest BCUT2D eigenvalue weighted by molar-refractivity contribution is 5.87. The molecule has 0 fully saturated rings. The first-order valence-corrected chi connectivity index (χ1v) is 6.60. The van der Waals surface area contributed by atoms with Gasteiger partial charge in [-0.15, -0.1) is 0 Å². The molecule has 7 nitrogen and oxygen atoms in total. The van der Waals surface area contributed by atoms with Crippen LogP contribution >= 0.6 is 0 Å². The van der Waals surface area contributed by atoms with Gasteiger partial charge in [-0.1, -0.05) is 13.8 Å². The van der Waals surface area contributed by atoms with Gasteiger partial charge in [0, 0.05) is 31.3 Å². The van der Waals surface area contributed by atoms with Crippen molar-refractivity contribution < 1.29 is 19.4 Å². The second-order valence-electron chi connectivity index (χ2n) is 5.34. The second kappa shape index (κ2) is 5.52. The van der Waals surface area contributed by atoms with Crippen molar-refractivity contribution in [3.05, 3.63) is 17.0 Å². The number of aromatic nitrogens is 2. The molecule has 7 heteroatoms. The average Bonchev–Trinajstić information content (AvgIpc) is 2.73. The van der Waals surface area contributed by atoms with Crippen molar-refractivity contribution in [1.29, 1.82) is 0 Å². The molecule has 0 atom stereocenters. The fourth-order valence-corrected chi connectivity index (χ4v) is 2.25. The van der Waals surface area contributed by atoms with Gasteiger partial charge in [0.25, 0.3) is 0 Å². The van der Waals surface area contributed by atoms with Gasteiger partial charge in [-0.05, 0) is 5.92 Å². The van der Waals surface area contributed by atoms with E-state index in [4.69, 9.17) is 9.84 Å². The number of carboxylic acids is 1. The number of aromatic carboxylic acids is 1. The molecule has 1 aliphatic heterocycles. The van der Waals surface area contributed by atoms with Crippen LogP contribution in [0.25, 0.3) is 0 Å². The van der Waals surface area contributed by atoms with E-state index in [0.717, 1.165) is 5.69 Å². The molecule has 0 saturated carbocycles. The van der Waals surface area contributed by atoms with Crippen LogP contribution in [0.15, 0.2) is 0 Å². The molecule has 1 amide bonds. The Balaban J connectivity index is 2.14. The molecule has 1 aliphatic rings. The van der Waals surface area contributed by atoms with Gasteiger partial charge in [-0.3, -0.25) is 4.68 Å². The van der Waals surface area contributed by atoms with E-state index < -0.39 is 12.1 Å². The van der Waals surface area contributed by atoms with Gasteiger partial charge in [-0.2, -0.15) is 5.10 Å². The zero-order valence-corrected chi connectivity index (χ0v) is 11.9. The smallest absolute Gasteiger partial charge is 0.410 e. The number of nitrogens with zero attached hydrogens (tertiary/aromatic N) is 3. The molecular formula is C13H19N3O4. The largest absolute Gasteiger partial charge is 0.476 e. The maximum atomic E-state index is 11.9. The van der Waals surface area contributed by atoms with Gasteiger partial charge in [0.1, 0.15) is 0 Å². The first-order valence-electron chi connectivity index (χ1n) is 6.60. The van der Waals surface area contributed by atoms with Crippen LogP contribution in [0.3, 0.4) is 0 Å². The molecule has 2 heterocycles. The van der Waals surface area contributed by atoms with E-state index in [2.05, 4.69) is 5.10 Å². The molecule has 0 bridgehead atoms. The Morgan fingerprint density at radius 3 is 2.75 bits per heavy atom. The summed E-state index contributed by atoms with van der Waals surface area (Å²) in [5.74, 6) is -0.800. The molecule has 0 unspecified atom stereocenters. The third-order valence-corrected chi connectivity index (χ3v) is 3.24. The zero-order valence-electron chi connectivity index (χ0n) is 11.9. The molecule has 1 aromatic heterocycles. The summed E-state index contributed by atoms with van der Waals surface area (Å²) < 4.78 is 6.76. The number of ether oxygens (including phenoxy) is 1. The van der Waals surface area contributed by atoms with E-state index in [1.807, 2.05) is 13.8 Å². The number of carbonyl (C=O) groups excluding carboxylic acids is 1. The second-order valence-corrected chi connectivity index (χ2v) is 5.34. The minimum atomic E-state index is -1.07. The van der Waals surface area contributed by atoms with Crippen LogP contribution in [0.1, 0.15) is 35.6 Å². The number of hydrogen-bond acceptors (Lipinski definition) is 4. The Morgan fingerprint density at radius 2 is 2.15 bits per heavy atom. The van der Waals surface area contributed by atoms with Crippen molar-refractivity contribution in [3.63, 3.8) is 0 Å². The third-order valence-electron chi connectivity index (χ3n) is 3.24. The fraction of sp³-hybridized carbons (Fsp3) is 0.615. The van der Waals surface area contributed by atoms with Crippen LogP contribution in [0.5, 0.6) is 0 Å². The average molecular weight is 281 g/mol. The first-order chi connectivity index (χ1) is 9.40. The van der Waals surface area contributed by atoms with Crippen molar-refractivity contribution in [2.45, 2.75) is 26.8 Å². The fourth-order valence-electron chi connectivity index (χ4n) is 2.25. The zero-order chi connectivity index (χ0) is 14.9. The lowest BCUT2D eigenvalue weighted by Gasteiger charge is -2.27. The van der Waals surface area contributed by atoms with Crippen molar-refractivity contribution in [1.82, 2.24) is 14.7 Å². The number of carbonyl (C=O) groups is 2. The third kappa shape index (κ3) is 2.76. The number of fused-ring (bicyclic) bond motifs is 1. The first kappa shape index (κ1) is 14.4. The monoisotopic (exact) mass is 281 g/mol. The predicted molar refractivity (Wildman–Crippen MR) is 70.5 cm³/mol. The molecule has 0 aliphatic carbocycles. The lowest BCUT2D eigenvalue weighted by atomic mass is 10.1. The molecular weight excluding hydrogens is 262 g/mol. The minimum absolute atomic E-state index is 0.0175. The molecule has 1 aromatic rings. The molecule has 0 aromatic carbocycles. The van der Waals surface area contributed by atoms with Crippen molar-refractivity contribution in [2.24, 2.45) is 13.0 Å². The number of amides is 1. The maximum absolute atomic E-state index is 11.9. The van der Waals surface area contributed by atoms with Crippen molar-refractivity contribution >= 4 is 12.1 Å². The molecule has 0 spiro atoms. The van der Waals surface area contributed by atoms with E-state index in [-0.39, 0.29) is 18.2 Å². The standard InChI is InChI=1S/C13H19N3O4/c1-8(2)7-20-13(19)16-5-4-10-9(6-16)11(12(17)18)14-15(10)3/h8H,4-7H2,1-3H3,(H,17,18). The Kier molecular flexibility index (Phi) is 3.96. The quantitative estimate of drug-likeness (QED) is 0.901. The van der Waals surface area contributed by atoms with Gasteiger partial charge in [0.05, 0.1) is 13.2 Å². The maximum Gasteiger partial charge on any atom is 0.410 e. The summed E-state index contributed by atoms with van der Waals surface area (Å²) in [7, 11) is 1.72. The lowest BCUT2D eigenvalue weighted by molar-refractivity contribution is 0.0682. The number of aryl methyl sites for hydroxylation is 1. The summed E-state index contributed by atoms with van der Waals surface area (Å²) in [6, 6.07) is 0. The van der Waals surface area contributed by atoms with Crippen LogP contribution in [0.4, 0.5) is 4.79 Å². The molecule has 2 rings (SSSR count). The summed E-state index contributed by atoms with van der Waals surface area (Å²) in [5, 5.41) is 13.1. The van der Waals surface area contributed by atoms with E-state index in [1.165, 1.54) is 4.90 Å². The van der Waals surface area contributed by atoms with Crippen molar-refractivity contribution in [3.8, 4) is 0 Å². The van der Waals surface area contributed by atoms with Crippen LogP contribution in [-0.2, 0) is 24.8 Å². The molecule has 110 valence electrons. The minimum Gasteiger partial charge on any atom is -0.476 e. The van der Waals surface area contributed by atoms with Crippen LogP contribution in [0, 0.1) is 5.92 Å². The van der Waals surface area contributed by atoms with Gasteiger partial charge < -0.3 is 14.7 Å². The Labute approximate surface area is 117 Å².